The first kappa shape index (κ1) is 13.1. The third-order valence-electron chi connectivity index (χ3n) is 2.55. The maximum Gasteiger partial charge on any atom is 0.324 e. The Morgan fingerprint density at radius 2 is 2.16 bits per heavy atom. The smallest absolute Gasteiger partial charge is 0.324 e. The third kappa shape index (κ3) is 3.09. The van der Waals surface area contributed by atoms with Crippen LogP contribution in [0.2, 0.25) is 0 Å². The van der Waals surface area contributed by atoms with Crippen LogP contribution in [0.15, 0.2) is 18.2 Å². The van der Waals surface area contributed by atoms with Gasteiger partial charge in [0.2, 0.25) is 5.91 Å². The number of amides is 3. The van der Waals surface area contributed by atoms with Crippen LogP contribution in [0.4, 0.5) is 9.18 Å². The van der Waals surface area contributed by atoms with Gasteiger partial charge in [-0.15, -0.1) is 0 Å². The number of nitrogens with zero attached hydrogens (tertiary/aromatic N) is 1. The van der Waals surface area contributed by atoms with Gasteiger partial charge in [-0.3, -0.25) is 9.69 Å². The zero-order valence-electron chi connectivity index (χ0n) is 9.94. The van der Waals surface area contributed by atoms with E-state index in [1.165, 1.54) is 12.1 Å². The Labute approximate surface area is 109 Å². The van der Waals surface area contributed by atoms with Crippen LogP contribution in [0.25, 0.3) is 0 Å². The fourth-order valence-corrected chi connectivity index (χ4v) is 1.75. The van der Waals surface area contributed by atoms with Gasteiger partial charge >= 0.3 is 6.03 Å². The fourth-order valence-electron chi connectivity index (χ4n) is 1.75. The molecule has 19 heavy (non-hydrogen) atoms. The van der Waals surface area contributed by atoms with E-state index in [0.29, 0.717) is 11.1 Å². The summed E-state index contributed by atoms with van der Waals surface area (Å²) < 4.78 is 13.4. The topological polar surface area (TPSA) is 69.6 Å². The van der Waals surface area contributed by atoms with Crippen LogP contribution in [-0.2, 0) is 11.3 Å². The first-order valence-electron chi connectivity index (χ1n) is 5.57. The second-order valence-electron chi connectivity index (χ2n) is 3.95. The lowest BCUT2D eigenvalue weighted by molar-refractivity contribution is -0.125. The minimum absolute atomic E-state index is 0.00374. The highest BCUT2D eigenvalue weighted by Crippen LogP contribution is 2.13. The van der Waals surface area contributed by atoms with Gasteiger partial charge in [0.15, 0.2) is 0 Å². The molecule has 1 aromatic carbocycles. The average molecular weight is 262 g/mol. The molecule has 1 saturated heterocycles. The number of aliphatic hydroxyl groups is 1. The summed E-state index contributed by atoms with van der Waals surface area (Å²) in [5.74, 6) is 4.13. The van der Waals surface area contributed by atoms with Crippen LogP contribution in [0, 0.1) is 17.7 Å². The summed E-state index contributed by atoms with van der Waals surface area (Å²) in [5.41, 5.74) is 0.851. The van der Waals surface area contributed by atoms with Gasteiger partial charge < -0.3 is 10.4 Å². The van der Waals surface area contributed by atoms with E-state index < -0.39 is 11.8 Å². The molecule has 5 nitrogen and oxygen atoms in total. The summed E-state index contributed by atoms with van der Waals surface area (Å²) >= 11 is 0. The lowest BCUT2D eigenvalue weighted by atomic mass is 10.1. The van der Waals surface area contributed by atoms with Gasteiger partial charge in [-0.05, 0) is 23.8 Å². The van der Waals surface area contributed by atoms with Crippen molar-refractivity contribution in [3.63, 3.8) is 0 Å². The number of nitrogens with one attached hydrogen (secondary N) is 1. The molecule has 98 valence electrons. The van der Waals surface area contributed by atoms with E-state index >= 15 is 0 Å². The first-order valence-corrected chi connectivity index (χ1v) is 5.57. The van der Waals surface area contributed by atoms with E-state index in [0.717, 1.165) is 4.90 Å². The Morgan fingerprint density at radius 3 is 2.79 bits per heavy atom. The molecule has 1 fully saturated rings. The normalized spacial score (nSPS) is 14.1. The number of imide groups is 1. The predicted molar refractivity (Wildman–Crippen MR) is 64.3 cm³/mol. The van der Waals surface area contributed by atoms with Crippen LogP contribution in [0.3, 0.4) is 0 Å². The zero-order valence-corrected chi connectivity index (χ0v) is 9.94. The standard InChI is InChI=1S/C13H11FN2O3/c14-11-5-9(2-1-3-17)4-10(6-11)8-16-12(18)7-15-13(16)19/h4-6,17H,3,7-8H2,(H,15,19). The molecule has 3 amide bonds. The molecule has 1 heterocycles. The molecule has 1 aliphatic rings. The number of halogens is 1. The molecule has 0 aliphatic carbocycles. The van der Waals surface area contributed by atoms with Crippen molar-refractivity contribution in [3.05, 3.63) is 35.1 Å². The van der Waals surface area contributed by atoms with Crippen LogP contribution >= 0.6 is 0 Å². The fraction of sp³-hybridized carbons (Fsp3) is 0.231. The Bertz CT molecular complexity index is 573. The lowest BCUT2D eigenvalue weighted by Crippen LogP contribution is -2.30. The van der Waals surface area contributed by atoms with Crippen molar-refractivity contribution in [2.45, 2.75) is 6.54 Å². The number of carbonyl (C=O) groups excluding carboxylic acids is 2. The molecule has 0 saturated carbocycles. The molecule has 2 rings (SSSR count). The molecule has 0 bridgehead atoms. The van der Waals surface area contributed by atoms with Crippen molar-refractivity contribution in [1.29, 1.82) is 0 Å². The molecule has 0 atom stereocenters. The Hall–Kier alpha value is -2.39. The second kappa shape index (κ2) is 5.50. The van der Waals surface area contributed by atoms with Gasteiger partial charge in [0.25, 0.3) is 0 Å². The SMILES string of the molecule is O=C1CNC(=O)N1Cc1cc(F)cc(C#CCO)c1. The number of benzene rings is 1. The number of hydrogen-bond acceptors (Lipinski definition) is 3. The summed E-state index contributed by atoms with van der Waals surface area (Å²) in [5, 5.41) is 11.0. The van der Waals surface area contributed by atoms with Crippen molar-refractivity contribution in [1.82, 2.24) is 10.2 Å². The van der Waals surface area contributed by atoms with E-state index in [-0.39, 0.29) is 25.6 Å². The summed E-state index contributed by atoms with van der Waals surface area (Å²) in [6.07, 6.45) is 0. The lowest BCUT2D eigenvalue weighted by Gasteiger charge is -2.12. The Balaban J connectivity index is 2.22. The minimum atomic E-state index is -0.508. The van der Waals surface area contributed by atoms with Crippen LogP contribution in [-0.4, -0.2) is 35.1 Å². The molecular formula is C13H11FN2O3. The van der Waals surface area contributed by atoms with Gasteiger partial charge in [-0.1, -0.05) is 11.8 Å². The molecule has 1 aliphatic heterocycles. The monoisotopic (exact) mass is 262 g/mol. The number of carbonyl (C=O) groups is 2. The molecule has 0 spiro atoms. The molecule has 0 aromatic heterocycles. The highest BCUT2D eigenvalue weighted by Gasteiger charge is 2.28. The van der Waals surface area contributed by atoms with E-state index in [4.69, 9.17) is 5.11 Å². The van der Waals surface area contributed by atoms with Gasteiger partial charge in [0.05, 0.1) is 13.1 Å². The number of aliphatic hydroxyl groups excluding tert-OH is 1. The molecule has 0 radical (unpaired) electrons. The Kier molecular flexibility index (Phi) is 3.78. The van der Waals surface area contributed by atoms with Crippen LogP contribution < -0.4 is 5.32 Å². The van der Waals surface area contributed by atoms with Crippen molar-refractivity contribution in [2.24, 2.45) is 0 Å². The van der Waals surface area contributed by atoms with Crippen molar-refractivity contribution in [2.75, 3.05) is 13.2 Å². The molecular weight excluding hydrogens is 251 g/mol. The molecule has 2 N–H and O–H groups in total. The van der Waals surface area contributed by atoms with Gasteiger partial charge in [-0.2, -0.15) is 0 Å². The quantitative estimate of drug-likeness (QED) is 0.592. The highest BCUT2D eigenvalue weighted by atomic mass is 19.1. The minimum Gasteiger partial charge on any atom is -0.384 e. The van der Waals surface area contributed by atoms with Gasteiger partial charge in [-0.25, -0.2) is 9.18 Å². The molecule has 1 aromatic rings. The largest absolute Gasteiger partial charge is 0.384 e. The predicted octanol–water partition coefficient (Wildman–Crippen LogP) is 0.221. The maximum atomic E-state index is 13.4. The van der Waals surface area contributed by atoms with Crippen molar-refractivity contribution < 1.29 is 19.1 Å². The third-order valence-corrected chi connectivity index (χ3v) is 2.55. The van der Waals surface area contributed by atoms with Crippen LogP contribution in [0.1, 0.15) is 11.1 Å². The van der Waals surface area contributed by atoms with E-state index in [1.807, 2.05) is 0 Å². The second-order valence-corrected chi connectivity index (χ2v) is 3.95. The van der Waals surface area contributed by atoms with Crippen molar-refractivity contribution in [3.8, 4) is 11.8 Å². The summed E-state index contributed by atoms with van der Waals surface area (Å²) in [6, 6.07) is 3.54. The number of urea groups is 1. The van der Waals surface area contributed by atoms with Gasteiger partial charge in [0.1, 0.15) is 12.4 Å². The number of rotatable bonds is 2. The average Bonchev–Trinajstić information content (AvgIpc) is 2.67. The molecule has 6 heteroatoms. The maximum absolute atomic E-state index is 13.4. The van der Waals surface area contributed by atoms with Gasteiger partial charge in [0, 0.05) is 5.56 Å². The number of hydrogen-bond donors (Lipinski definition) is 2. The highest BCUT2D eigenvalue weighted by molar-refractivity contribution is 6.01. The first-order chi connectivity index (χ1) is 9.10. The van der Waals surface area contributed by atoms with Crippen molar-refractivity contribution >= 4 is 11.9 Å². The van der Waals surface area contributed by atoms with E-state index in [9.17, 15) is 14.0 Å². The summed E-state index contributed by atoms with van der Waals surface area (Å²) in [4.78, 5) is 23.8. The summed E-state index contributed by atoms with van der Waals surface area (Å²) in [6.45, 7) is -0.361. The van der Waals surface area contributed by atoms with E-state index in [1.54, 1.807) is 6.07 Å². The van der Waals surface area contributed by atoms with Crippen LogP contribution in [0.5, 0.6) is 0 Å². The Morgan fingerprint density at radius 1 is 1.37 bits per heavy atom. The molecule has 0 unspecified atom stereocenters. The zero-order chi connectivity index (χ0) is 13.8. The van der Waals surface area contributed by atoms with E-state index in [2.05, 4.69) is 17.2 Å². The summed E-state index contributed by atoms with van der Waals surface area (Å²) in [7, 11) is 0.